The molecule has 0 spiro atoms. The van der Waals surface area contributed by atoms with Gasteiger partial charge in [0.2, 0.25) is 5.95 Å². The van der Waals surface area contributed by atoms with Gasteiger partial charge in [-0.1, -0.05) is 57.2 Å². The molecule has 0 N–H and O–H groups in total. The van der Waals surface area contributed by atoms with Crippen LogP contribution in [-0.4, -0.2) is 16.5 Å². The summed E-state index contributed by atoms with van der Waals surface area (Å²) >= 11 is 0. The first-order chi connectivity index (χ1) is 11.9. The molecule has 3 aromatic rings. The highest BCUT2D eigenvalue weighted by Crippen LogP contribution is 2.23. The third-order valence-electron chi connectivity index (χ3n) is 3.89. The average Bonchev–Trinajstić information content (AvgIpc) is 2.60. The zero-order chi connectivity index (χ0) is 17.9. The molecule has 4 nitrogen and oxygen atoms in total. The van der Waals surface area contributed by atoms with E-state index in [1.54, 1.807) is 12.3 Å². The number of nitriles is 1. The van der Waals surface area contributed by atoms with Gasteiger partial charge < -0.3 is 4.90 Å². The third kappa shape index (κ3) is 4.33. The summed E-state index contributed by atoms with van der Waals surface area (Å²) < 4.78 is 0. The molecule has 1 aromatic heterocycles. The molecule has 0 unspecified atom stereocenters. The fraction of sp³-hybridized carbons (Fsp3) is 0.286. The summed E-state index contributed by atoms with van der Waals surface area (Å²) in [6, 6.07) is 18.6. The number of aromatic nitrogens is 2. The number of rotatable bonds is 4. The van der Waals surface area contributed by atoms with Gasteiger partial charge in [-0.3, -0.25) is 0 Å². The molecule has 0 saturated heterocycles. The monoisotopic (exact) mass is 330 g/mol. The maximum absolute atomic E-state index is 9.13. The average molecular weight is 330 g/mol. The quantitative estimate of drug-likeness (QED) is 0.704. The van der Waals surface area contributed by atoms with Crippen LogP contribution in [0.15, 0.2) is 54.7 Å². The summed E-state index contributed by atoms with van der Waals surface area (Å²) in [5.41, 5.74) is 1.68. The van der Waals surface area contributed by atoms with Gasteiger partial charge in [0.05, 0.1) is 0 Å². The van der Waals surface area contributed by atoms with Crippen molar-refractivity contribution in [1.82, 2.24) is 9.97 Å². The van der Waals surface area contributed by atoms with Gasteiger partial charge in [0.1, 0.15) is 11.8 Å². The lowest BCUT2D eigenvalue weighted by Gasteiger charge is -2.30. The van der Waals surface area contributed by atoms with Crippen LogP contribution in [0.4, 0.5) is 5.95 Å². The highest BCUT2D eigenvalue weighted by Gasteiger charge is 2.19. The fourth-order valence-electron chi connectivity index (χ4n) is 2.89. The molecular formula is C21H22N4. The molecule has 0 aliphatic carbocycles. The standard InChI is InChI=1S/C21H22N4/c1-21(2,3)15-25(20-23-11-10-19(13-22)24-20)14-16-8-9-17-6-4-5-7-18(17)12-16/h4-12H,14-15H2,1-3H3. The van der Waals surface area contributed by atoms with Crippen LogP contribution < -0.4 is 4.90 Å². The molecule has 126 valence electrons. The SMILES string of the molecule is CC(C)(C)CN(Cc1ccc2ccccc2c1)c1nccc(C#N)n1. The van der Waals surface area contributed by atoms with Crippen molar-refractivity contribution < 1.29 is 0 Å². The van der Waals surface area contributed by atoms with E-state index in [4.69, 9.17) is 5.26 Å². The Morgan fingerprint density at radius 3 is 2.52 bits per heavy atom. The molecule has 0 aliphatic heterocycles. The van der Waals surface area contributed by atoms with E-state index >= 15 is 0 Å². The summed E-state index contributed by atoms with van der Waals surface area (Å²) in [5, 5.41) is 11.6. The van der Waals surface area contributed by atoms with Crippen molar-refractivity contribution >= 4 is 16.7 Å². The molecule has 0 saturated carbocycles. The Hall–Kier alpha value is -2.93. The van der Waals surface area contributed by atoms with Gasteiger partial charge in [-0.25, -0.2) is 9.97 Å². The van der Waals surface area contributed by atoms with E-state index in [2.05, 4.69) is 84.2 Å². The van der Waals surface area contributed by atoms with E-state index in [1.807, 2.05) is 0 Å². The first kappa shape index (κ1) is 16.9. The Labute approximate surface area is 148 Å². The van der Waals surface area contributed by atoms with Gasteiger partial charge in [-0.05, 0) is 33.9 Å². The minimum atomic E-state index is 0.0862. The first-order valence-corrected chi connectivity index (χ1v) is 8.40. The zero-order valence-electron chi connectivity index (χ0n) is 14.9. The van der Waals surface area contributed by atoms with E-state index in [-0.39, 0.29) is 5.41 Å². The molecule has 25 heavy (non-hydrogen) atoms. The van der Waals surface area contributed by atoms with E-state index in [1.165, 1.54) is 16.3 Å². The van der Waals surface area contributed by atoms with Crippen LogP contribution in [-0.2, 0) is 6.54 Å². The Balaban J connectivity index is 1.94. The van der Waals surface area contributed by atoms with Crippen molar-refractivity contribution in [3.63, 3.8) is 0 Å². The lowest BCUT2D eigenvalue weighted by atomic mass is 9.96. The molecular weight excluding hydrogens is 308 g/mol. The first-order valence-electron chi connectivity index (χ1n) is 8.40. The molecule has 1 heterocycles. The van der Waals surface area contributed by atoms with Gasteiger partial charge in [0.15, 0.2) is 0 Å². The van der Waals surface area contributed by atoms with Gasteiger partial charge in [-0.15, -0.1) is 0 Å². The molecule has 3 rings (SSSR count). The summed E-state index contributed by atoms with van der Waals surface area (Å²) in [5.74, 6) is 0.599. The molecule has 0 bridgehead atoms. The van der Waals surface area contributed by atoms with E-state index in [0.29, 0.717) is 18.2 Å². The van der Waals surface area contributed by atoms with E-state index in [9.17, 15) is 0 Å². The van der Waals surface area contributed by atoms with Crippen LogP contribution in [0.3, 0.4) is 0 Å². The maximum atomic E-state index is 9.13. The topological polar surface area (TPSA) is 52.8 Å². The third-order valence-corrected chi connectivity index (χ3v) is 3.89. The predicted octanol–water partition coefficient (Wildman–Crippen LogP) is 4.55. The Morgan fingerprint density at radius 2 is 1.80 bits per heavy atom. The molecule has 4 heteroatoms. The fourth-order valence-corrected chi connectivity index (χ4v) is 2.89. The number of nitrogens with zero attached hydrogens (tertiary/aromatic N) is 4. The lowest BCUT2D eigenvalue weighted by Crippen LogP contribution is -2.33. The van der Waals surface area contributed by atoms with Gasteiger partial charge in [0, 0.05) is 19.3 Å². The van der Waals surface area contributed by atoms with E-state index < -0.39 is 0 Å². The van der Waals surface area contributed by atoms with Gasteiger partial charge >= 0.3 is 0 Å². The number of hydrogen-bond acceptors (Lipinski definition) is 4. The van der Waals surface area contributed by atoms with Crippen molar-refractivity contribution in [1.29, 1.82) is 5.26 Å². The van der Waals surface area contributed by atoms with E-state index in [0.717, 1.165) is 6.54 Å². The van der Waals surface area contributed by atoms with Crippen LogP contribution in [0.5, 0.6) is 0 Å². The van der Waals surface area contributed by atoms with Crippen molar-refractivity contribution in [3.8, 4) is 6.07 Å². The Kier molecular flexibility index (Phi) is 4.67. The molecule has 0 atom stereocenters. The molecule has 0 aliphatic rings. The minimum absolute atomic E-state index is 0.0862. The minimum Gasteiger partial charge on any atom is -0.336 e. The largest absolute Gasteiger partial charge is 0.336 e. The molecule has 2 aromatic carbocycles. The van der Waals surface area contributed by atoms with Crippen LogP contribution in [0.1, 0.15) is 32.0 Å². The summed E-state index contributed by atoms with van der Waals surface area (Å²) in [7, 11) is 0. The highest BCUT2D eigenvalue weighted by atomic mass is 15.2. The summed E-state index contributed by atoms with van der Waals surface area (Å²) in [4.78, 5) is 10.9. The van der Waals surface area contributed by atoms with Crippen molar-refractivity contribution in [2.24, 2.45) is 5.41 Å². The van der Waals surface area contributed by atoms with Crippen molar-refractivity contribution in [3.05, 3.63) is 66.0 Å². The predicted molar refractivity (Wildman–Crippen MR) is 101 cm³/mol. The number of hydrogen-bond donors (Lipinski definition) is 0. The number of benzene rings is 2. The normalized spacial score (nSPS) is 11.3. The highest BCUT2D eigenvalue weighted by molar-refractivity contribution is 5.83. The summed E-state index contributed by atoms with van der Waals surface area (Å²) in [6.07, 6.45) is 1.65. The van der Waals surface area contributed by atoms with Gasteiger partial charge in [-0.2, -0.15) is 5.26 Å². The molecule has 0 radical (unpaired) electrons. The zero-order valence-corrected chi connectivity index (χ0v) is 14.9. The van der Waals surface area contributed by atoms with Gasteiger partial charge in [0.25, 0.3) is 0 Å². The second-order valence-electron chi connectivity index (χ2n) is 7.45. The molecule has 0 amide bonds. The van der Waals surface area contributed by atoms with Crippen molar-refractivity contribution in [2.75, 3.05) is 11.4 Å². The molecule has 0 fully saturated rings. The number of fused-ring (bicyclic) bond motifs is 1. The maximum Gasteiger partial charge on any atom is 0.226 e. The summed E-state index contributed by atoms with van der Waals surface area (Å²) in [6.45, 7) is 8.07. The second kappa shape index (κ2) is 6.90. The van der Waals surface area contributed by atoms with Crippen LogP contribution in [0.25, 0.3) is 10.8 Å². The van der Waals surface area contributed by atoms with Crippen LogP contribution in [0, 0.1) is 16.7 Å². The van der Waals surface area contributed by atoms with Crippen LogP contribution >= 0.6 is 0 Å². The lowest BCUT2D eigenvalue weighted by molar-refractivity contribution is 0.406. The van der Waals surface area contributed by atoms with Crippen molar-refractivity contribution in [2.45, 2.75) is 27.3 Å². The van der Waals surface area contributed by atoms with Crippen LogP contribution in [0.2, 0.25) is 0 Å². The second-order valence-corrected chi connectivity index (χ2v) is 7.45. The number of anilines is 1. The smallest absolute Gasteiger partial charge is 0.226 e. The Morgan fingerprint density at radius 1 is 1.04 bits per heavy atom. The Bertz CT molecular complexity index is 919.